The zero-order valence-corrected chi connectivity index (χ0v) is 16.9. The van der Waals surface area contributed by atoms with Gasteiger partial charge in [-0.2, -0.15) is 0 Å². The van der Waals surface area contributed by atoms with Crippen LogP contribution in [-0.2, 0) is 22.6 Å². The molecule has 0 aliphatic carbocycles. The molecule has 1 atom stereocenters. The summed E-state index contributed by atoms with van der Waals surface area (Å²) in [4.78, 5) is 28.2. The fraction of sp³-hybridized carbons (Fsp3) is 0.154. The summed E-state index contributed by atoms with van der Waals surface area (Å²) < 4.78 is 0. The molecule has 0 heterocycles. The molecular weight excluding hydrogens is 372 g/mol. The lowest BCUT2D eigenvalue weighted by atomic mass is 10.0. The largest absolute Gasteiger partial charge is 0.351 e. The smallest absolute Gasteiger partial charge is 0.247 e. The third kappa shape index (κ3) is 5.67. The topological polar surface area (TPSA) is 49.4 Å². The lowest BCUT2D eigenvalue weighted by Gasteiger charge is -2.31. The van der Waals surface area contributed by atoms with Gasteiger partial charge in [0, 0.05) is 13.1 Å². The summed E-state index contributed by atoms with van der Waals surface area (Å²) in [6.07, 6.45) is 1.86. The van der Waals surface area contributed by atoms with Gasteiger partial charge >= 0.3 is 0 Å². The van der Waals surface area contributed by atoms with Crippen molar-refractivity contribution in [2.45, 2.75) is 19.0 Å². The maximum absolute atomic E-state index is 13.4. The van der Waals surface area contributed by atoms with Gasteiger partial charge in [-0.1, -0.05) is 97.1 Å². The molecule has 0 aromatic heterocycles. The minimum atomic E-state index is -0.734. The Morgan fingerprint density at radius 2 is 1.37 bits per heavy atom. The maximum Gasteiger partial charge on any atom is 0.247 e. The molecule has 0 saturated carbocycles. The van der Waals surface area contributed by atoms with Gasteiger partial charge in [0.15, 0.2) is 0 Å². The van der Waals surface area contributed by atoms with Gasteiger partial charge in [-0.25, -0.2) is 0 Å². The average Bonchev–Trinajstić information content (AvgIpc) is 2.79. The third-order valence-electron chi connectivity index (χ3n) is 4.81. The van der Waals surface area contributed by atoms with E-state index in [1.807, 2.05) is 91.0 Å². The maximum atomic E-state index is 13.4. The molecule has 1 unspecified atom stereocenters. The van der Waals surface area contributed by atoms with Gasteiger partial charge in [-0.15, -0.1) is 6.58 Å². The fourth-order valence-electron chi connectivity index (χ4n) is 3.35. The molecule has 152 valence electrons. The zero-order valence-electron chi connectivity index (χ0n) is 16.9. The van der Waals surface area contributed by atoms with Crippen LogP contribution in [0.25, 0.3) is 0 Å². The Kier molecular flexibility index (Phi) is 7.56. The molecule has 0 bridgehead atoms. The molecule has 3 rings (SSSR count). The van der Waals surface area contributed by atoms with E-state index in [0.29, 0.717) is 13.1 Å². The molecule has 1 N–H and O–H groups in total. The molecule has 0 spiro atoms. The number of nitrogens with zero attached hydrogens (tertiary/aromatic N) is 1. The van der Waals surface area contributed by atoms with E-state index < -0.39 is 6.04 Å². The number of hydrogen-bond donors (Lipinski definition) is 1. The zero-order chi connectivity index (χ0) is 21.2. The summed E-state index contributed by atoms with van der Waals surface area (Å²) in [5.74, 6) is -0.328. The van der Waals surface area contributed by atoms with Crippen molar-refractivity contribution in [1.82, 2.24) is 10.2 Å². The minimum absolute atomic E-state index is 0.104. The first-order valence-electron chi connectivity index (χ1n) is 10.00. The molecule has 0 fully saturated rings. The summed E-state index contributed by atoms with van der Waals surface area (Å²) in [6.45, 7) is 4.36. The first kappa shape index (κ1) is 21.1. The van der Waals surface area contributed by atoms with Crippen molar-refractivity contribution < 1.29 is 9.59 Å². The molecule has 0 aliphatic heterocycles. The van der Waals surface area contributed by atoms with Crippen LogP contribution in [0.15, 0.2) is 104 Å². The van der Waals surface area contributed by atoms with Gasteiger partial charge in [-0.3, -0.25) is 9.59 Å². The Morgan fingerprint density at radius 1 is 0.833 bits per heavy atom. The molecular formula is C26H26N2O2. The molecule has 30 heavy (non-hydrogen) atoms. The minimum Gasteiger partial charge on any atom is -0.351 e. The number of nitrogens with one attached hydrogen (secondary N) is 1. The van der Waals surface area contributed by atoms with Gasteiger partial charge in [0.1, 0.15) is 6.04 Å². The Morgan fingerprint density at radius 3 is 1.93 bits per heavy atom. The Bertz CT molecular complexity index is 956. The van der Waals surface area contributed by atoms with Crippen LogP contribution < -0.4 is 5.32 Å². The molecule has 3 aromatic carbocycles. The van der Waals surface area contributed by atoms with Gasteiger partial charge < -0.3 is 10.2 Å². The van der Waals surface area contributed by atoms with E-state index in [1.54, 1.807) is 11.0 Å². The van der Waals surface area contributed by atoms with Crippen LogP contribution in [0.2, 0.25) is 0 Å². The highest BCUT2D eigenvalue weighted by Crippen LogP contribution is 2.25. The van der Waals surface area contributed by atoms with Crippen molar-refractivity contribution in [2.75, 3.05) is 6.54 Å². The first-order valence-corrected chi connectivity index (χ1v) is 10.00. The Labute approximate surface area is 177 Å². The number of amides is 2. The number of hydrogen-bond acceptors (Lipinski definition) is 2. The third-order valence-corrected chi connectivity index (χ3v) is 4.81. The fourth-order valence-corrected chi connectivity index (χ4v) is 3.35. The van der Waals surface area contributed by atoms with Crippen LogP contribution in [0.1, 0.15) is 22.7 Å². The van der Waals surface area contributed by atoms with Crippen LogP contribution in [0, 0.1) is 0 Å². The highest BCUT2D eigenvalue weighted by atomic mass is 16.2. The molecule has 0 aliphatic rings. The monoisotopic (exact) mass is 398 g/mol. The van der Waals surface area contributed by atoms with E-state index in [0.717, 1.165) is 16.7 Å². The Balaban J connectivity index is 1.97. The van der Waals surface area contributed by atoms with E-state index in [9.17, 15) is 9.59 Å². The van der Waals surface area contributed by atoms with Crippen LogP contribution in [0.5, 0.6) is 0 Å². The predicted molar refractivity (Wildman–Crippen MR) is 120 cm³/mol. The molecule has 0 radical (unpaired) electrons. The molecule has 4 heteroatoms. The summed E-state index contributed by atoms with van der Waals surface area (Å²) in [7, 11) is 0. The molecule has 2 amide bonds. The van der Waals surface area contributed by atoms with Crippen LogP contribution in [-0.4, -0.2) is 23.3 Å². The van der Waals surface area contributed by atoms with Crippen molar-refractivity contribution in [1.29, 1.82) is 0 Å². The Hall–Kier alpha value is -3.66. The van der Waals surface area contributed by atoms with Gasteiger partial charge in [-0.05, 0) is 16.7 Å². The van der Waals surface area contributed by atoms with Crippen molar-refractivity contribution in [3.05, 3.63) is 120 Å². The summed E-state index contributed by atoms with van der Waals surface area (Å²) in [5, 5.41) is 2.87. The van der Waals surface area contributed by atoms with Crippen LogP contribution in [0.4, 0.5) is 0 Å². The second-order valence-electron chi connectivity index (χ2n) is 7.02. The van der Waals surface area contributed by atoms with Crippen molar-refractivity contribution in [3.8, 4) is 0 Å². The molecule has 0 saturated heterocycles. The lowest BCUT2D eigenvalue weighted by Crippen LogP contribution is -2.44. The second-order valence-corrected chi connectivity index (χ2v) is 7.02. The standard InChI is InChI=1S/C26H26N2O2/c1-2-18-27-26(30)25(23-16-10-5-11-17-23)28(20-22-14-8-4-9-15-22)24(29)19-21-12-6-3-7-13-21/h2-17,25H,1,18-20H2,(H,27,30). The highest BCUT2D eigenvalue weighted by molar-refractivity contribution is 5.89. The van der Waals surface area contributed by atoms with Crippen molar-refractivity contribution >= 4 is 11.8 Å². The molecule has 4 nitrogen and oxygen atoms in total. The van der Waals surface area contributed by atoms with E-state index in [4.69, 9.17) is 0 Å². The van der Waals surface area contributed by atoms with Crippen molar-refractivity contribution in [3.63, 3.8) is 0 Å². The van der Waals surface area contributed by atoms with Gasteiger partial charge in [0.2, 0.25) is 11.8 Å². The quantitative estimate of drug-likeness (QED) is 0.546. The lowest BCUT2D eigenvalue weighted by molar-refractivity contribution is -0.141. The highest BCUT2D eigenvalue weighted by Gasteiger charge is 2.31. The van der Waals surface area contributed by atoms with E-state index in [2.05, 4.69) is 11.9 Å². The van der Waals surface area contributed by atoms with E-state index in [-0.39, 0.29) is 18.2 Å². The average molecular weight is 399 g/mol. The predicted octanol–water partition coefficient (Wildman–Crippen LogP) is 4.30. The number of carbonyl (C=O) groups is 2. The van der Waals surface area contributed by atoms with E-state index >= 15 is 0 Å². The summed E-state index contributed by atoms with van der Waals surface area (Å²) >= 11 is 0. The van der Waals surface area contributed by atoms with E-state index in [1.165, 1.54) is 0 Å². The molecule has 3 aromatic rings. The van der Waals surface area contributed by atoms with Crippen molar-refractivity contribution in [2.24, 2.45) is 0 Å². The normalized spacial score (nSPS) is 11.3. The summed E-state index contributed by atoms with van der Waals surface area (Å²) in [6, 6.07) is 28.0. The summed E-state index contributed by atoms with van der Waals surface area (Å²) in [5.41, 5.74) is 2.66. The van der Waals surface area contributed by atoms with Gasteiger partial charge in [0.05, 0.1) is 6.42 Å². The van der Waals surface area contributed by atoms with Gasteiger partial charge in [0.25, 0.3) is 0 Å². The SMILES string of the molecule is C=CCNC(=O)C(c1ccccc1)N(Cc1ccccc1)C(=O)Cc1ccccc1. The number of benzene rings is 3. The van der Waals surface area contributed by atoms with Crippen LogP contribution in [0.3, 0.4) is 0 Å². The number of rotatable bonds is 9. The van der Waals surface area contributed by atoms with Crippen LogP contribution >= 0.6 is 0 Å². The second kappa shape index (κ2) is 10.8. The first-order chi connectivity index (χ1) is 14.7. The number of carbonyl (C=O) groups excluding carboxylic acids is 2.